The van der Waals surface area contributed by atoms with Crippen LogP contribution in [0.3, 0.4) is 0 Å². The van der Waals surface area contributed by atoms with Gasteiger partial charge in [-0.1, -0.05) is 36.6 Å². The molecule has 0 spiro atoms. The van der Waals surface area contributed by atoms with E-state index in [0.717, 1.165) is 18.4 Å². The maximum absolute atomic E-state index is 13.2. The number of amides is 2. The molecule has 1 aromatic carbocycles. The van der Waals surface area contributed by atoms with Gasteiger partial charge in [0.25, 0.3) is 0 Å². The minimum absolute atomic E-state index is 0.120. The van der Waals surface area contributed by atoms with E-state index in [1.807, 2.05) is 29.2 Å². The summed E-state index contributed by atoms with van der Waals surface area (Å²) in [6, 6.07) is 7.61. The Balaban J connectivity index is 1.78. The third-order valence-electron chi connectivity index (χ3n) is 5.21. The SMILES string of the molecule is O=C(O)N1CCN(C(=O)C(c2cccc(Cl)c2)C2CCCC2)CC1. The lowest BCUT2D eigenvalue weighted by molar-refractivity contribution is -0.135. The van der Waals surface area contributed by atoms with Crippen LogP contribution in [0.1, 0.15) is 37.2 Å². The predicted octanol–water partition coefficient (Wildman–Crippen LogP) is 3.44. The smallest absolute Gasteiger partial charge is 0.407 e. The molecule has 6 heteroatoms. The summed E-state index contributed by atoms with van der Waals surface area (Å²) in [4.78, 5) is 27.4. The lowest BCUT2D eigenvalue weighted by Crippen LogP contribution is -2.51. The van der Waals surface area contributed by atoms with Crippen LogP contribution >= 0.6 is 11.6 Å². The van der Waals surface area contributed by atoms with Crippen LogP contribution in [-0.2, 0) is 4.79 Å². The van der Waals surface area contributed by atoms with Crippen molar-refractivity contribution in [3.05, 3.63) is 34.9 Å². The summed E-state index contributed by atoms with van der Waals surface area (Å²) >= 11 is 6.14. The number of carbonyl (C=O) groups is 2. The topological polar surface area (TPSA) is 60.9 Å². The van der Waals surface area contributed by atoms with Crippen molar-refractivity contribution in [1.29, 1.82) is 0 Å². The number of hydrogen-bond donors (Lipinski definition) is 1. The number of rotatable bonds is 3. The molecule has 24 heavy (non-hydrogen) atoms. The van der Waals surface area contributed by atoms with Crippen LogP contribution in [0.2, 0.25) is 5.02 Å². The first-order valence-corrected chi connectivity index (χ1v) is 8.96. The van der Waals surface area contributed by atoms with E-state index in [4.69, 9.17) is 16.7 Å². The van der Waals surface area contributed by atoms with Crippen molar-refractivity contribution in [2.45, 2.75) is 31.6 Å². The second kappa shape index (κ2) is 7.43. The molecule has 1 saturated carbocycles. The molecule has 1 N–H and O–H groups in total. The van der Waals surface area contributed by atoms with Crippen LogP contribution in [0, 0.1) is 5.92 Å². The normalized spacial score (nSPS) is 20.2. The molecule has 1 atom stereocenters. The molecule has 2 fully saturated rings. The highest BCUT2D eigenvalue weighted by Crippen LogP contribution is 2.39. The van der Waals surface area contributed by atoms with E-state index in [9.17, 15) is 9.59 Å². The van der Waals surface area contributed by atoms with E-state index in [2.05, 4.69) is 0 Å². The van der Waals surface area contributed by atoms with Crippen molar-refractivity contribution in [2.75, 3.05) is 26.2 Å². The van der Waals surface area contributed by atoms with Gasteiger partial charge in [0.15, 0.2) is 0 Å². The molecule has 2 aliphatic rings. The quantitative estimate of drug-likeness (QED) is 0.908. The lowest BCUT2D eigenvalue weighted by Gasteiger charge is -2.36. The third-order valence-corrected chi connectivity index (χ3v) is 5.44. The van der Waals surface area contributed by atoms with Gasteiger partial charge in [0.1, 0.15) is 0 Å². The van der Waals surface area contributed by atoms with Gasteiger partial charge in [0.05, 0.1) is 5.92 Å². The zero-order valence-electron chi connectivity index (χ0n) is 13.7. The van der Waals surface area contributed by atoms with Gasteiger partial charge in [-0.15, -0.1) is 0 Å². The molecule has 1 aromatic rings. The zero-order valence-corrected chi connectivity index (χ0v) is 14.4. The number of carbonyl (C=O) groups excluding carboxylic acids is 1. The van der Waals surface area contributed by atoms with Crippen molar-refractivity contribution >= 4 is 23.6 Å². The van der Waals surface area contributed by atoms with Gasteiger partial charge >= 0.3 is 6.09 Å². The molecule has 2 amide bonds. The van der Waals surface area contributed by atoms with Crippen LogP contribution in [0.15, 0.2) is 24.3 Å². The van der Waals surface area contributed by atoms with E-state index >= 15 is 0 Å². The Morgan fingerprint density at radius 3 is 2.29 bits per heavy atom. The van der Waals surface area contributed by atoms with Crippen molar-refractivity contribution < 1.29 is 14.7 Å². The van der Waals surface area contributed by atoms with E-state index in [-0.39, 0.29) is 11.8 Å². The fourth-order valence-electron chi connectivity index (χ4n) is 3.92. The molecule has 1 aliphatic carbocycles. The molecule has 0 aromatic heterocycles. The van der Waals surface area contributed by atoms with Gasteiger partial charge in [-0.25, -0.2) is 4.79 Å². The summed E-state index contributed by atoms with van der Waals surface area (Å²) in [5, 5.41) is 9.71. The van der Waals surface area contributed by atoms with Crippen LogP contribution in [-0.4, -0.2) is 53.1 Å². The molecular weight excluding hydrogens is 328 g/mol. The zero-order chi connectivity index (χ0) is 17.1. The maximum Gasteiger partial charge on any atom is 0.407 e. The second-order valence-electron chi connectivity index (χ2n) is 6.67. The van der Waals surface area contributed by atoms with Crippen molar-refractivity contribution in [2.24, 2.45) is 5.92 Å². The average molecular weight is 351 g/mol. The second-order valence-corrected chi connectivity index (χ2v) is 7.11. The Labute approximate surface area is 147 Å². The fraction of sp³-hybridized carbons (Fsp3) is 0.556. The number of carboxylic acid groups (broad SMARTS) is 1. The highest BCUT2D eigenvalue weighted by Gasteiger charge is 2.36. The first kappa shape index (κ1) is 17.1. The van der Waals surface area contributed by atoms with E-state index < -0.39 is 6.09 Å². The number of halogens is 1. The summed E-state index contributed by atoms with van der Waals surface area (Å²) in [5.41, 5.74) is 0.986. The lowest BCUT2D eigenvalue weighted by atomic mass is 9.83. The molecular formula is C18H23ClN2O3. The van der Waals surface area contributed by atoms with E-state index in [1.165, 1.54) is 17.7 Å². The van der Waals surface area contributed by atoms with Gasteiger partial charge in [-0.05, 0) is 36.5 Å². The Hall–Kier alpha value is -1.75. The number of piperazine rings is 1. The monoisotopic (exact) mass is 350 g/mol. The van der Waals surface area contributed by atoms with Crippen LogP contribution in [0.25, 0.3) is 0 Å². The van der Waals surface area contributed by atoms with Gasteiger partial charge in [0.2, 0.25) is 5.91 Å². The molecule has 1 unspecified atom stereocenters. The molecule has 130 valence electrons. The maximum atomic E-state index is 13.2. The van der Waals surface area contributed by atoms with Crippen molar-refractivity contribution in [3.8, 4) is 0 Å². The predicted molar refractivity (Wildman–Crippen MR) is 92.3 cm³/mol. The van der Waals surface area contributed by atoms with Gasteiger partial charge in [0, 0.05) is 31.2 Å². The van der Waals surface area contributed by atoms with Gasteiger partial charge < -0.3 is 14.9 Å². The largest absolute Gasteiger partial charge is 0.465 e. The number of benzene rings is 1. The van der Waals surface area contributed by atoms with E-state index in [0.29, 0.717) is 37.1 Å². The average Bonchev–Trinajstić information content (AvgIpc) is 3.09. The first-order chi connectivity index (χ1) is 11.6. The van der Waals surface area contributed by atoms with Gasteiger partial charge in [-0.3, -0.25) is 4.79 Å². The Bertz CT molecular complexity index is 608. The highest BCUT2D eigenvalue weighted by molar-refractivity contribution is 6.30. The van der Waals surface area contributed by atoms with E-state index in [1.54, 1.807) is 0 Å². The Morgan fingerprint density at radius 1 is 1.08 bits per heavy atom. The molecule has 3 rings (SSSR count). The molecule has 0 radical (unpaired) electrons. The first-order valence-electron chi connectivity index (χ1n) is 8.58. The minimum Gasteiger partial charge on any atom is -0.465 e. The van der Waals surface area contributed by atoms with Crippen molar-refractivity contribution in [1.82, 2.24) is 9.80 Å². The molecule has 1 aliphatic heterocycles. The molecule has 5 nitrogen and oxygen atoms in total. The molecule has 0 bridgehead atoms. The summed E-state index contributed by atoms with van der Waals surface area (Å²) in [5.74, 6) is 0.310. The van der Waals surface area contributed by atoms with Crippen LogP contribution in [0.4, 0.5) is 4.79 Å². The van der Waals surface area contributed by atoms with Crippen molar-refractivity contribution in [3.63, 3.8) is 0 Å². The van der Waals surface area contributed by atoms with Gasteiger partial charge in [-0.2, -0.15) is 0 Å². The Morgan fingerprint density at radius 2 is 1.71 bits per heavy atom. The molecule has 1 saturated heterocycles. The number of hydrogen-bond acceptors (Lipinski definition) is 2. The summed E-state index contributed by atoms with van der Waals surface area (Å²) in [6.07, 6.45) is 3.56. The summed E-state index contributed by atoms with van der Waals surface area (Å²) < 4.78 is 0. The highest BCUT2D eigenvalue weighted by atomic mass is 35.5. The summed E-state index contributed by atoms with van der Waals surface area (Å²) in [6.45, 7) is 1.70. The third kappa shape index (κ3) is 3.66. The minimum atomic E-state index is -0.913. The summed E-state index contributed by atoms with van der Waals surface area (Å²) in [7, 11) is 0. The number of nitrogens with zero attached hydrogens (tertiary/aromatic N) is 2. The van der Waals surface area contributed by atoms with Crippen LogP contribution < -0.4 is 0 Å². The van der Waals surface area contributed by atoms with Crippen LogP contribution in [0.5, 0.6) is 0 Å². The molecule has 1 heterocycles. The standard InChI is InChI=1S/C18H23ClN2O3/c19-15-7-3-6-14(12-15)16(13-4-1-2-5-13)17(22)20-8-10-21(11-9-20)18(23)24/h3,6-7,12-13,16H,1-2,4-5,8-11H2,(H,23,24). The fourth-order valence-corrected chi connectivity index (χ4v) is 4.12. The Kier molecular flexibility index (Phi) is 5.29.